The van der Waals surface area contributed by atoms with Gasteiger partial charge in [0.05, 0.1) is 0 Å². The largest absolute Gasteiger partial charge is 0.312 e. The van der Waals surface area contributed by atoms with Crippen molar-refractivity contribution in [1.29, 1.82) is 0 Å². The SMILES string of the molecule is CCC(CNC1CC1)N1CCN(C2CCCC2)CC1. The third-order valence-electron chi connectivity index (χ3n) is 5.40. The highest BCUT2D eigenvalue weighted by Crippen LogP contribution is 2.25. The van der Waals surface area contributed by atoms with Gasteiger partial charge in [0.1, 0.15) is 0 Å². The van der Waals surface area contributed by atoms with E-state index in [4.69, 9.17) is 0 Å². The molecule has 0 aromatic carbocycles. The van der Waals surface area contributed by atoms with Crippen LogP contribution in [0.3, 0.4) is 0 Å². The number of nitrogens with zero attached hydrogens (tertiary/aromatic N) is 2. The average molecular weight is 265 g/mol. The first kappa shape index (κ1) is 13.8. The molecule has 2 aliphatic carbocycles. The van der Waals surface area contributed by atoms with Gasteiger partial charge in [-0.1, -0.05) is 19.8 Å². The van der Waals surface area contributed by atoms with Crippen LogP contribution in [-0.2, 0) is 0 Å². The molecule has 3 heteroatoms. The summed E-state index contributed by atoms with van der Waals surface area (Å²) >= 11 is 0. The highest BCUT2D eigenvalue weighted by molar-refractivity contribution is 4.87. The zero-order valence-electron chi connectivity index (χ0n) is 12.6. The third kappa shape index (κ3) is 3.71. The number of nitrogens with one attached hydrogen (secondary N) is 1. The second-order valence-corrected chi connectivity index (χ2v) is 6.75. The van der Waals surface area contributed by atoms with Gasteiger partial charge in [0.2, 0.25) is 0 Å². The molecule has 19 heavy (non-hydrogen) atoms. The van der Waals surface area contributed by atoms with Gasteiger partial charge in [0, 0.05) is 50.8 Å². The van der Waals surface area contributed by atoms with Crippen molar-refractivity contribution in [3.63, 3.8) is 0 Å². The van der Waals surface area contributed by atoms with Crippen molar-refractivity contribution in [1.82, 2.24) is 15.1 Å². The van der Waals surface area contributed by atoms with E-state index in [-0.39, 0.29) is 0 Å². The molecule has 2 saturated carbocycles. The summed E-state index contributed by atoms with van der Waals surface area (Å²) in [4.78, 5) is 5.51. The molecule has 0 radical (unpaired) electrons. The number of piperazine rings is 1. The van der Waals surface area contributed by atoms with Crippen molar-refractivity contribution in [3.05, 3.63) is 0 Å². The highest BCUT2D eigenvalue weighted by Gasteiger charge is 2.29. The summed E-state index contributed by atoms with van der Waals surface area (Å²) in [7, 11) is 0. The lowest BCUT2D eigenvalue weighted by atomic mass is 10.1. The molecule has 1 heterocycles. The predicted octanol–water partition coefficient (Wildman–Crippen LogP) is 2.08. The molecule has 0 aromatic rings. The number of rotatable bonds is 6. The molecule has 0 bridgehead atoms. The molecule has 0 aromatic heterocycles. The average Bonchev–Trinajstić information content (AvgIpc) is 3.12. The van der Waals surface area contributed by atoms with Crippen LogP contribution in [0.25, 0.3) is 0 Å². The molecular formula is C16H31N3. The van der Waals surface area contributed by atoms with Gasteiger partial charge < -0.3 is 5.32 Å². The minimum atomic E-state index is 0.770. The maximum atomic E-state index is 3.72. The summed E-state index contributed by atoms with van der Waals surface area (Å²) < 4.78 is 0. The zero-order valence-corrected chi connectivity index (χ0v) is 12.6. The summed E-state index contributed by atoms with van der Waals surface area (Å²) in [6, 6.07) is 2.55. The van der Waals surface area contributed by atoms with Gasteiger partial charge in [0.15, 0.2) is 0 Å². The van der Waals surface area contributed by atoms with Crippen LogP contribution in [0.5, 0.6) is 0 Å². The van der Waals surface area contributed by atoms with Crippen molar-refractivity contribution in [2.45, 2.75) is 70.0 Å². The lowest BCUT2D eigenvalue weighted by Gasteiger charge is -2.41. The molecule has 3 nitrogen and oxygen atoms in total. The molecule has 3 aliphatic rings. The first-order chi connectivity index (χ1) is 9.36. The van der Waals surface area contributed by atoms with Crippen molar-refractivity contribution in [3.8, 4) is 0 Å². The van der Waals surface area contributed by atoms with Gasteiger partial charge in [-0.05, 0) is 32.1 Å². The maximum Gasteiger partial charge on any atom is 0.0219 e. The minimum absolute atomic E-state index is 0.770. The Bertz CT molecular complexity index is 263. The second-order valence-electron chi connectivity index (χ2n) is 6.75. The summed E-state index contributed by atoms with van der Waals surface area (Å²) in [6.07, 6.45) is 9.96. The minimum Gasteiger partial charge on any atom is -0.312 e. The van der Waals surface area contributed by atoms with E-state index >= 15 is 0 Å². The summed E-state index contributed by atoms with van der Waals surface area (Å²) in [5.41, 5.74) is 0. The third-order valence-corrected chi connectivity index (χ3v) is 5.40. The van der Waals surface area contributed by atoms with E-state index in [0.29, 0.717) is 0 Å². The van der Waals surface area contributed by atoms with Gasteiger partial charge in [-0.3, -0.25) is 9.80 Å². The summed E-state index contributed by atoms with van der Waals surface area (Å²) in [5, 5.41) is 3.72. The quantitative estimate of drug-likeness (QED) is 0.793. The zero-order chi connectivity index (χ0) is 13.1. The Morgan fingerprint density at radius 2 is 1.68 bits per heavy atom. The Morgan fingerprint density at radius 3 is 2.26 bits per heavy atom. The Hall–Kier alpha value is -0.120. The van der Waals surface area contributed by atoms with Crippen molar-refractivity contribution in [2.24, 2.45) is 0 Å². The van der Waals surface area contributed by atoms with Gasteiger partial charge in [-0.25, -0.2) is 0 Å². The Labute approximate surface area is 118 Å². The molecule has 0 amide bonds. The smallest absolute Gasteiger partial charge is 0.0219 e. The Balaban J connectivity index is 1.41. The maximum absolute atomic E-state index is 3.72. The molecule has 3 fully saturated rings. The fourth-order valence-electron chi connectivity index (χ4n) is 3.86. The molecule has 1 saturated heterocycles. The van der Waals surface area contributed by atoms with Crippen LogP contribution in [0.1, 0.15) is 51.9 Å². The standard InChI is InChI=1S/C16H31N3/c1-2-15(13-17-14-7-8-14)18-9-11-19(12-10-18)16-5-3-4-6-16/h14-17H,2-13H2,1H3. The van der Waals surface area contributed by atoms with E-state index < -0.39 is 0 Å². The molecule has 1 unspecified atom stereocenters. The van der Waals surface area contributed by atoms with Crippen molar-refractivity contribution >= 4 is 0 Å². The van der Waals surface area contributed by atoms with Gasteiger partial charge in [0.25, 0.3) is 0 Å². The molecule has 1 aliphatic heterocycles. The fourth-order valence-corrected chi connectivity index (χ4v) is 3.86. The number of hydrogen-bond acceptors (Lipinski definition) is 3. The first-order valence-corrected chi connectivity index (χ1v) is 8.58. The van der Waals surface area contributed by atoms with Crippen LogP contribution in [0.15, 0.2) is 0 Å². The van der Waals surface area contributed by atoms with Gasteiger partial charge in [-0.15, -0.1) is 0 Å². The van der Waals surface area contributed by atoms with E-state index in [9.17, 15) is 0 Å². The van der Waals surface area contributed by atoms with E-state index in [1.807, 2.05) is 0 Å². The molecule has 110 valence electrons. The molecule has 1 N–H and O–H groups in total. The van der Waals surface area contributed by atoms with E-state index in [1.54, 1.807) is 0 Å². The van der Waals surface area contributed by atoms with Crippen LogP contribution in [0, 0.1) is 0 Å². The first-order valence-electron chi connectivity index (χ1n) is 8.58. The van der Waals surface area contributed by atoms with Crippen molar-refractivity contribution in [2.75, 3.05) is 32.7 Å². The van der Waals surface area contributed by atoms with Crippen LogP contribution >= 0.6 is 0 Å². The van der Waals surface area contributed by atoms with Gasteiger partial charge >= 0.3 is 0 Å². The van der Waals surface area contributed by atoms with Crippen LogP contribution in [0.2, 0.25) is 0 Å². The van der Waals surface area contributed by atoms with Crippen LogP contribution in [-0.4, -0.2) is 60.6 Å². The topological polar surface area (TPSA) is 18.5 Å². The molecule has 1 atom stereocenters. The predicted molar refractivity (Wildman–Crippen MR) is 80.5 cm³/mol. The fraction of sp³-hybridized carbons (Fsp3) is 1.00. The van der Waals surface area contributed by atoms with E-state index in [2.05, 4.69) is 22.0 Å². The molecule has 0 spiro atoms. The van der Waals surface area contributed by atoms with E-state index in [1.165, 1.54) is 77.7 Å². The highest BCUT2D eigenvalue weighted by atomic mass is 15.3. The second kappa shape index (κ2) is 6.55. The summed E-state index contributed by atoms with van der Waals surface area (Å²) in [6.45, 7) is 8.77. The summed E-state index contributed by atoms with van der Waals surface area (Å²) in [5.74, 6) is 0. The van der Waals surface area contributed by atoms with Crippen LogP contribution in [0.4, 0.5) is 0 Å². The van der Waals surface area contributed by atoms with Gasteiger partial charge in [-0.2, -0.15) is 0 Å². The number of hydrogen-bond donors (Lipinski definition) is 1. The molecule has 3 rings (SSSR count). The van der Waals surface area contributed by atoms with Crippen molar-refractivity contribution < 1.29 is 0 Å². The normalized spacial score (nSPS) is 28.9. The van der Waals surface area contributed by atoms with Crippen LogP contribution < -0.4 is 5.32 Å². The Morgan fingerprint density at radius 1 is 1.00 bits per heavy atom. The lowest BCUT2D eigenvalue weighted by molar-refractivity contribution is 0.0685. The lowest BCUT2D eigenvalue weighted by Crippen LogP contribution is -2.54. The van der Waals surface area contributed by atoms with E-state index in [0.717, 1.165) is 18.1 Å². The Kier molecular flexibility index (Phi) is 4.78. The molecular weight excluding hydrogens is 234 g/mol. The monoisotopic (exact) mass is 265 g/mol.